The van der Waals surface area contributed by atoms with E-state index in [-0.39, 0.29) is 52.7 Å². The fourth-order valence-corrected chi connectivity index (χ4v) is 9.80. The average molecular weight is 1230 g/mol. The van der Waals surface area contributed by atoms with Gasteiger partial charge in [0.25, 0.3) is 35.4 Å². The van der Waals surface area contributed by atoms with Crippen LogP contribution in [0.15, 0.2) is 86.2 Å². The molecule has 0 fully saturated rings. The smallest absolute Gasteiger partial charge is 0.262 e. The molecule has 5 rings (SSSR count). The van der Waals surface area contributed by atoms with Gasteiger partial charge >= 0.3 is 0 Å². The molecule has 0 spiro atoms. The number of aliphatic hydroxyl groups is 10. The number of fused-ring (bicyclic) bond motifs is 1. The van der Waals surface area contributed by atoms with Crippen LogP contribution in [-0.4, -0.2) is 191 Å². The Morgan fingerprint density at radius 2 is 0.878 bits per heavy atom. The molecule has 74 heavy (non-hydrogen) atoms. The molecule has 0 bridgehead atoms. The van der Waals surface area contributed by atoms with Gasteiger partial charge in [0, 0.05) is 40.1 Å². The molecule has 1 aliphatic rings. The van der Waals surface area contributed by atoms with Crippen LogP contribution >= 0.6 is 47.8 Å². The van der Waals surface area contributed by atoms with Gasteiger partial charge in [-0.15, -0.1) is 0 Å². The largest absolute Gasteiger partial charge is 0.394 e. The molecule has 28 heteroatoms. The fraction of sp³-hybridized carbons (Fsp3) is 0.304. The molecule has 1 heterocycles. The number of imide groups is 1. The predicted molar refractivity (Wildman–Crippen MR) is 269 cm³/mol. The average Bonchev–Trinajstić information content (AvgIpc) is 3.63. The van der Waals surface area contributed by atoms with E-state index in [0.717, 1.165) is 4.90 Å². The Balaban J connectivity index is 1.22. The van der Waals surface area contributed by atoms with E-state index in [0.29, 0.717) is 0 Å². The van der Waals surface area contributed by atoms with Crippen molar-refractivity contribution in [2.45, 2.75) is 48.8 Å². The molecule has 4 aromatic carbocycles. The molecular weight excluding hydrogens is 1180 g/mol. The summed E-state index contributed by atoms with van der Waals surface area (Å²) >= 11 is 9.58. The minimum absolute atomic E-state index is 0.0393. The van der Waals surface area contributed by atoms with Crippen LogP contribution in [0.4, 0.5) is 17.1 Å². The van der Waals surface area contributed by atoms with Crippen molar-refractivity contribution in [3.05, 3.63) is 120 Å². The summed E-state index contributed by atoms with van der Waals surface area (Å²) < 4.78 is -0.733. The lowest BCUT2D eigenvalue weighted by molar-refractivity contribution is -0.116. The van der Waals surface area contributed by atoms with E-state index in [1.54, 1.807) is 12.1 Å². The number of hydrogen-bond acceptors (Lipinski definition) is 18. The minimum Gasteiger partial charge on any atom is -0.394 e. The molecule has 8 amide bonds. The Bertz CT molecular complexity index is 2670. The van der Waals surface area contributed by atoms with Gasteiger partial charge in [0.05, 0.1) is 68.9 Å². The molecule has 8 unspecified atom stereocenters. The summed E-state index contributed by atoms with van der Waals surface area (Å²) in [6.45, 7) is -4.77. The summed E-state index contributed by atoms with van der Waals surface area (Å²) in [4.78, 5) is 106. The van der Waals surface area contributed by atoms with E-state index < -0.39 is 147 Å². The van der Waals surface area contributed by atoms with E-state index in [2.05, 4.69) is 79.7 Å². The third kappa shape index (κ3) is 14.2. The van der Waals surface area contributed by atoms with E-state index in [4.69, 9.17) is 10.2 Å². The summed E-state index contributed by atoms with van der Waals surface area (Å²) in [5, 5.41) is 113. The summed E-state index contributed by atoms with van der Waals surface area (Å²) in [5.74, 6) is -6.26. The Labute approximate surface area is 444 Å². The van der Waals surface area contributed by atoms with Crippen molar-refractivity contribution in [2.75, 3.05) is 55.3 Å². The van der Waals surface area contributed by atoms with Crippen LogP contribution in [0.5, 0.6) is 0 Å². The van der Waals surface area contributed by atoms with E-state index >= 15 is 0 Å². The third-order valence-corrected chi connectivity index (χ3v) is 13.4. The summed E-state index contributed by atoms with van der Waals surface area (Å²) in [6.07, 6.45) is -15.8. The van der Waals surface area contributed by atoms with Crippen molar-refractivity contribution in [1.29, 1.82) is 0 Å². The lowest BCUT2D eigenvalue weighted by Crippen LogP contribution is -2.50. The zero-order valence-electron chi connectivity index (χ0n) is 38.1. The van der Waals surface area contributed by atoms with Crippen molar-refractivity contribution in [1.82, 2.24) is 20.9 Å². The maximum absolute atomic E-state index is 13.6. The molecule has 0 aromatic heterocycles. The number of aliphatic hydroxyl groups excluding tert-OH is 10. The molecular formula is C46H48Br3N7O18. The van der Waals surface area contributed by atoms with E-state index in [1.165, 1.54) is 60.7 Å². The predicted octanol–water partition coefficient (Wildman–Crippen LogP) is -1.84. The monoisotopic (exact) mass is 1220 g/mol. The first-order valence-electron chi connectivity index (χ1n) is 21.8. The maximum atomic E-state index is 13.6. The molecule has 0 radical (unpaired) electrons. The number of nitrogens with one attached hydrogen (secondary N) is 6. The van der Waals surface area contributed by atoms with Gasteiger partial charge in [-0.3, -0.25) is 43.3 Å². The fourth-order valence-electron chi connectivity index (χ4n) is 6.90. The number of carbonyl (C=O) groups excluding carboxylic acids is 8. The van der Waals surface area contributed by atoms with Crippen LogP contribution in [0.1, 0.15) is 62.1 Å². The Hall–Kier alpha value is -6.12. The van der Waals surface area contributed by atoms with Gasteiger partial charge in [0.15, 0.2) is 0 Å². The van der Waals surface area contributed by atoms with E-state index in [9.17, 15) is 79.2 Å². The zero-order valence-corrected chi connectivity index (χ0v) is 42.9. The Morgan fingerprint density at radius 3 is 1.31 bits per heavy atom. The van der Waals surface area contributed by atoms with Crippen LogP contribution in [0.2, 0.25) is 0 Å². The lowest BCUT2D eigenvalue weighted by Gasteiger charge is -2.26. The van der Waals surface area contributed by atoms with Crippen LogP contribution < -0.4 is 31.9 Å². The van der Waals surface area contributed by atoms with Gasteiger partial charge in [-0.2, -0.15) is 0 Å². The van der Waals surface area contributed by atoms with Crippen LogP contribution in [0.3, 0.4) is 0 Å². The molecule has 8 atom stereocenters. The summed E-state index contributed by atoms with van der Waals surface area (Å²) in [5.41, 5.74) is -0.0184. The first-order valence-corrected chi connectivity index (χ1v) is 24.2. The second-order valence-corrected chi connectivity index (χ2v) is 18.6. The maximum Gasteiger partial charge on any atom is 0.262 e. The topological polar surface area (TPSA) is 414 Å². The number of benzene rings is 4. The van der Waals surface area contributed by atoms with Gasteiger partial charge in [0.2, 0.25) is 11.8 Å². The number of nitrogens with zero attached hydrogens (tertiary/aromatic N) is 1. The number of halogens is 3. The number of carbonyl (C=O) groups is 8. The minimum atomic E-state index is -2.07. The van der Waals surface area contributed by atoms with Gasteiger partial charge in [-0.1, -0.05) is 12.1 Å². The highest BCUT2D eigenvalue weighted by Crippen LogP contribution is 2.42. The van der Waals surface area contributed by atoms with E-state index in [1.807, 2.05) is 0 Å². The highest BCUT2D eigenvalue weighted by molar-refractivity contribution is 9.11. The molecule has 1 aliphatic heterocycles. The molecule has 16 N–H and O–H groups in total. The molecule has 0 saturated heterocycles. The number of anilines is 3. The summed E-state index contributed by atoms with van der Waals surface area (Å²) in [6, 6.07) is 17.4. The molecule has 25 nitrogen and oxygen atoms in total. The normalized spacial score (nSPS) is 15.3. The van der Waals surface area contributed by atoms with Crippen molar-refractivity contribution in [2.24, 2.45) is 0 Å². The first-order chi connectivity index (χ1) is 35.0. The lowest BCUT2D eigenvalue weighted by atomic mass is 10.0. The van der Waals surface area contributed by atoms with Crippen LogP contribution in [0.25, 0.3) is 0 Å². The molecule has 396 valence electrons. The number of amides is 8. The van der Waals surface area contributed by atoms with Crippen LogP contribution in [0, 0.1) is 0 Å². The summed E-state index contributed by atoms with van der Waals surface area (Å²) in [7, 11) is 0. The Morgan fingerprint density at radius 1 is 0.473 bits per heavy atom. The number of hydrogen-bond donors (Lipinski definition) is 16. The van der Waals surface area contributed by atoms with Gasteiger partial charge in [0.1, 0.15) is 43.2 Å². The van der Waals surface area contributed by atoms with Crippen LogP contribution in [-0.2, 0) is 9.59 Å². The SMILES string of the molecule is O=C(CN1C(=O)c2ccccc2C1=O)Nc1ccc(C(=O)Nc2ccc(C(=O)NCC(=O)Nc3c(Br)c(C(=O)NCC(O)C(O)C(O)C(O)CO)c(Br)c(C(=O)NCC(O)C(O)C(O)C(O)CO)c3Br)cc2)cc1. The highest BCUT2D eigenvalue weighted by atomic mass is 79.9. The van der Waals surface area contributed by atoms with Crippen molar-refractivity contribution in [3.8, 4) is 0 Å². The molecule has 0 saturated carbocycles. The van der Waals surface area contributed by atoms with Crippen molar-refractivity contribution < 1.29 is 89.4 Å². The van der Waals surface area contributed by atoms with Crippen molar-refractivity contribution in [3.63, 3.8) is 0 Å². The van der Waals surface area contributed by atoms with Gasteiger partial charge < -0.3 is 83.0 Å². The van der Waals surface area contributed by atoms with Gasteiger partial charge in [-0.05, 0) is 108 Å². The number of rotatable bonds is 23. The second-order valence-electron chi connectivity index (χ2n) is 16.2. The first kappa shape index (κ1) is 58.8. The van der Waals surface area contributed by atoms with Gasteiger partial charge in [-0.25, -0.2) is 0 Å². The third-order valence-electron chi connectivity index (χ3n) is 11.1. The second kappa shape index (κ2) is 26.4. The zero-order chi connectivity index (χ0) is 54.7. The molecule has 0 aliphatic carbocycles. The molecule has 4 aromatic rings. The standard InChI is InChI=1S/C46H48Br3N7O18/c47-33-31(43(71)50-13-25(59)37(65)39(67)27(61)17-57)34(48)36(35(49)32(33)44(72)51-14-26(60)38(66)40(68)28(62)18-58)55-29(63)15-52-41(69)19-5-11-22(12-6-19)54-42(70)20-7-9-21(10-8-20)53-30(64)16-56-45(73)23-3-1-2-4-24(23)46(56)74/h1-12,25-28,37-40,57-62,65-68H,13-18H2,(H,50,71)(H,51,72)(H,52,69)(H,53,64)(H,54,70)(H,55,63). The highest BCUT2D eigenvalue weighted by Gasteiger charge is 2.37. The quantitative estimate of drug-likeness (QED) is 0.0363. The Kier molecular flexibility index (Phi) is 21.0. The van der Waals surface area contributed by atoms with Crippen molar-refractivity contribution >= 4 is 112 Å².